The highest BCUT2D eigenvalue weighted by molar-refractivity contribution is 5.75. The van der Waals surface area contributed by atoms with E-state index in [1.165, 1.54) is 18.4 Å². The van der Waals surface area contributed by atoms with Crippen LogP contribution >= 0.6 is 0 Å². The Balaban J connectivity index is 1.82. The van der Waals surface area contributed by atoms with Gasteiger partial charge in [0.15, 0.2) is 0 Å². The van der Waals surface area contributed by atoms with E-state index in [0.717, 1.165) is 35.9 Å². The number of imidazole rings is 1. The first kappa shape index (κ1) is 9.85. The Morgan fingerprint density at radius 1 is 1.44 bits per heavy atom. The largest absolute Gasteiger partial charge is 0.342 e. The topological polar surface area (TPSA) is 40.7 Å². The summed E-state index contributed by atoms with van der Waals surface area (Å²) in [5.74, 6) is 1.07. The van der Waals surface area contributed by atoms with Gasteiger partial charge in [0, 0.05) is 19.0 Å². The first-order valence-electron chi connectivity index (χ1n) is 6.06. The van der Waals surface area contributed by atoms with Gasteiger partial charge in [0.1, 0.15) is 5.82 Å². The zero-order valence-electron chi connectivity index (χ0n) is 9.59. The van der Waals surface area contributed by atoms with E-state index in [4.69, 9.17) is 0 Å². The Morgan fingerprint density at radius 2 is 2.31 bits per heavy atom. The fraction of sp³-hybridized carbons (Fsp3) is 0.462. The number of hydrogen-bond donors (Lipinski definition) is 2. The molecule has 3 heteroatoms. The summed E-state index contributed by atoms with van der Waals surface area (Å²) in [6.07, 6.45) is 3.64. The van der Waals surface area contributed by atoms with E-state index in [2.05, 4.69) is 40.4 Å². The van der Waals surface area contributed by atoms with Crippen molar-refractivity contribution in [2.75, 3.05) is 0 Å². The summed E-state index contributed by atoms with van der Waals surface area (Å²) < 4.78 is 0. The second-order valence-electron chi connectivity index (χ2n) is 4.54. The minimum Gasteiger partial charge on any atom is -0.342 e. The Labute approximate surface area is 95.3 Å². The second kappa shape index (κ2) is 3.91. The van der Waals surface area contributed by atoms with Crippen LogP contribution in [0.25, 0.3) is 11.0 Å². The molecular weight excluding hydrogens is 198 g/mol. The quantitative estimate of drug-likeness (QED) is 0.822. The van der Waals surface area contributed by atoms with Crippen molar-refractivity contribution in [3.8, 4) is 0 Å². The average molecular weight is 215 g/mol. The van der Waals surface area contributed by atoms with Gasteiger partial charge in [-0.25, -0.2) is 4.98 Å². The fourth-order valence-corrected chi connectivity index (χ4v) is 1.94. The average Bonchev–Trinajstić information content (AvgIpc) is 3.04. The SMILES string of the molecule is CCc1nc2ccc(CNC3CC3)cc2[nH]1. The maximum absolute atomic E-state index is 4.50. The van der Waals surface area contributed by atoms with Crippen LogP contribution in [0.15, 0.2) is 18.2 Å². The van der Waals surface area contributed by atoms with Crippen LogP contribution in [0.1, 0.15) is 31.2 Å². The predicted molar refractivity (Wildman–Crippen MR) is 65.3 cm³/mol. The van der Waals surface area contributed by atoms with E-state index in [9.17, 15) is 0 Å². The third-order valence-corrected chi connectivity index (χ3v) is 3.10. The van der Waals surface area contributed by atoms with Gasteiger partial charge in [-0.1, -0.05) is 13.0 Å². The molecule has 84 valence electrons. The van der Waals surface area contributed by atoms with E-state index in [1.54, 1.807) is 0 Å². The molecule has 0 atom stereocenters. The Bertz CT molecular complexity index is 497. The molecule has 1 aliphatic rings. The zero-order valence-corrected chi connectivity index (χ0v) is 9.59. The van der Waals surface area contributed by atoms with Gasteiger partial charge in [-0.2, -0.15) is 0 Å². The summed E-state index contributed by atoms with van der Waals surface area (Å²) in [7, 11) is 0. The molecule has 0 bridgehead atoms. The molecule has 0 unspecified atom stereocenters. The fourth-order valence-electron chi connectivity index (χ4n) is 1.94. The molecule has 0 aliphatic heterocycles. The van der Waals surface area contributed by atoms with Crippen molar-refractivity contribution in [1.29, 1.82) is 0 Å². The number of hydrogen-bond acceptors (Lipinski definition) is 2. The third-order valence-electron chi connectivity index (χ3n) is 3.10. The van der Waals surface area contributed by atoms with Crippen molar-refractivity contribution >= 4 is 11.0 Å². The summed E-state index contributed by atoms with van der Waals surface area (Å²) >= 11 is 0. The number of nitrogens with one attached hydrogen (secondary N) is 2. The molecule has 1 aliphatic carbocycles. The number of benzene rings is 1. The van der Waals surface area contributed by atoms with Gasteiger partial charge in [-0.15, -0.1) is 0 Å². The van der Waals surface area contributed by atoms with Crippen molar-refractivity contribution in [3.63, 3.8) is 0 Å². The van der Waals surface area contributed by atoms with Crippen molar-refractivity contribution in [2.24, 2.45) is 0 Å². The van der Waals surface area contributed by atoms with Gasteiger partial charge in [0.2, 0.25) is 0 Å². The zero-order chi connectivity index (χ0) is 11.0. The minimum absolute atomic E-state index is 0.767. The molecule has 0 amide bonds. The number of aryl methyl sites for hydroxylation is 1. The van der Waals surface area contributed by atoms with Gasteiger partial charge < -0.3 is 10.3 Å². The number of H-pyrrole nitrogens is 1. The molecule has 1 aromatic heterocycles. The van der Waals surface area contributed by atoms with Crippen LogP contribution in [-0.4, -0.2) is 16.0 Å². The highest BCUT2D eigenvalue weighted by Gasteiger charge is 2.19. The molecule has 16 heavy (non-hydrogen) atoms. The van der Waals surface area contributed by atoms with Gasteiger partial charge in [0.05, 0.1) is 11.0 Å². The Kier molecular flexibility index (Phi) is 2.40. The molecular formula is C13H17N3. The van der Waals surface area contributed by atoms with Crippen LogP contribution < -0.4 is 5.32 Å². The molecule has 3 nitrogen and oxygen atoms in total. The molecule has 1 fully saturated rings. The highest BCUT2D eigenvalue weighted by atomic mass is 14.9. The van der Waals surface area contributed by atoms with Gasteiger partial charge in [-0.3, -0.25) is 0 Å². The summed E-state index contributed by atoms with van der Waals surface area (Å²) in [5.41, 5.74) is 3.57. The van der Waals surface area contributed by atoms with Crippen LogP contribution in [0.4, 0.5) is 0 Å². The van der Waals surface area contributed by atoms with Crippen molar-refractivity contribution in [3.05, 3.63) is 29.6 Å². The molecule has 1 saturated carbocycles. The second-order valence-corrected chi connectivity index (χ2v) is 4.54. The van der Waals surface area contributed by atoms with Crippen molar-refractivity contribution < 1.29 is 0 Å². The molecule has 0 saturated heterocycles. The van der Waals surface area contributed by atoms with Gasteiger partial charge >= 0.3 is 0 Å². The first-order chi connectivity index (χ1) is 7.85. The molecule has 3 rings (SSSR count). The lowest BCUT2D eigenvalue weighted by molar-refractivity contribution is 0.688. The van der Waals surface area contributed by atoms with Crippen LogP contribution in [0.2, 0.25) is 0 Å². The first-order valence-corrected chi connectivity index (χ1v) is 6.06. The van der Waals surface area contributed by atoms with Crippen LogP contribution in [-0.2, 0) is 13.0 Å². The maximum Gasteiger partial charge on any atom is 0.106 e. The Morgan fingerprint density at radius 3 is 3.06 bits per heavy atom. The summed E-state index contributed by atoms with van der Waals surface area (Å²) in [6.45, 7) is 3.09. The summed E-state index contributed by atoms with van der Waals surface area (Å²) in [4.78, 5) is 7.85. The van der Waals surface area contributed by atoms with Gasteiger partial charge in [-0.05, 0) is 30.5 Å². The molecule has 2 N–H and O–H groups in total. The summed E-state index contributed by atoms with van der Waals surface area (Å²) in [5, 5.41) is 3.52. The number of aromatic nitrogens is 2. The molecule has 1 heterocycles. The van der Waals surface area contributed by atoms with E-state index in [-0.39, 0.29) is 0 Å². The van der Waals surface area contributed by atoms with Crippen molar-refractivity contribution in [1.82, 2.24) is 15.3 Å². The van der Waals surface area contributed by atoms with E-state index in [0.29, 0.717) is 0 Å². The lowest BCUT2D eigenvalue weighted by Gasteiger charge is -2.02. The number of nitrogens with zero attached hydrogens (tertiary/aromatic N) is 1. The normalized spacial score (nSPS) is 15.8. The van der Waals surface area contributed by atoms with E-state index in [1.807, 2.05) is 0 Å². The lowest BCUT2D eigenvalue weighted by atomic mass is 10.2. The maximum atomic E-state index is 4.50. The summed E-state index contributed by atoms with van der Waals surface area (Å²) in [6, 6.07) is 7.24. The third kappa shape index (κ3) is 1.95. The van der Waals surface area contributed by atoms with Crippen LogP contribution in [0.5, 0.6) is 0 Å². The Hall–Kier alpha value is -1.35. The number of rotatable bonds is 4. The highest BCUT2D eigenvalue weighted by Crippen LogP contribution is 2.20. The minimum atomic E-state index is 0.767. The van der Waals surface area contributed by atoms with Crippen molar-refractivity contribution in [2.45, 2.75) is 38.8 Å². The molecule has 0 spiro atoms. The van der Waals surface area contributed by atoms with Gasteiger partial charge in [0.25, 0.3) is 0 Å². The monoisotopic (exact) mass is 215 g/mol. The van der Waals surface area contributed by atoms with Crippen LogP contribution in [0.3, 0.4) is 0 Å². The number of fused-ring (bicyclic) bond motifs is 1. The van der Waals surface area contributed by atoms with E-state index < -0.39 is 0 Å². The standard InChI is InChI=1S/C13H17N3/c1-2-13-15-11-6-3-9(7-12(11)16-13)8-14-10-4-5-10/h3,6-7,10,14H,2,4-5,8H2,1H3,(H,15,16). The molecule has 1 aromatic carbocycles. The molecule has 0 radical (unpaired) electrons. The number of aromatic amines is 1. The lowest BCUT2D eigenvalue weighted by Crippen LogP contribution is -2.15. The smallest absolute Gasteiger partial charge is 0.106 e. The molecule has 2 aromatic rings. The predicted octanol–water partition coefficient (Wildman–Crippen LogP) is 2.38. The van der Waals surface area contributed by atoms with E-state index >= 15 is 0 Å². The van der Waals surface area contributed by atoms with Crippen LogP contribution in [0, 0.1) is 0 Å².